The number of nitrogens with one attached hydrogen (secondary N) is 1. The smallest absolute Gasteiger partial charge is 0.292 e. The van der Waals surface area contributed by atoms with Crippen molar-refractivity contribution in [1.29, 1.82) is 0 Å². The second-order valence-corrected chi connectivity index (χ2v) is 2.99. The number of para-hydroxylation sites is 2. The standard InChI is InChI=1S/C9H12N2O4/c12-6-7(13)5-10-8-3-1-2-4-9(8)11(14)15/h1-4,7,10,12-13H,5-6H2. The highest BCUT2D eigenvalue weighted by Crippen LogP contribution is 2.22. The molecule has 1 rings (SSSR count). The van der Waals surface area contributed by atoms with E-state index in [0.717, 1.165) is 0 Å². The first-order valence-corrected chi connectivity index (χ1v) is 4.41. The molecule has 0 fully saturated rings. The van der Waals surface area contributed by atoms with E-state index in [4.69, 9.17) is 10.2 Å². The van der Waals surface area contributed by atoms with Gasteiger partial charge in [0.15, 0.2) is 0 Å². The molecular formula is C9H12N2O4. The summed E-state index contributed by atoms with van der Waals surface area (Å²) in [4.78, 5) is 10.1. The molecule has 15 heavy (non-hydrogen) atoms. The van der Waals surface area contributed by atoms with Crippen LogP contribution in [0.15, 0.2) is 24.3 Å². The van der Waals surface area contributed by atoms with E-state index in [1.165, 1.54) is 6.07 Å². The van der Waals surface area contributed by atoms with Crippen molar-refractivity contribution in [2.24, 2.45) is 0 Å². The maximum absolute atomic E-state index is 10.6. The van der Waals surface area contributed by atoms with E-state index >= 15 is 0 Å². The molecule has 0 aliphatic heterocycles. The molecule has 0 aromatic heterocycles. The topological polar surface area (TPSA) is 95.6 Å². The lowest BCUT2D eigenvalue weighted by atomic mass is 10.2. The Morgan fingerprint density at radius 1 is 1.47 bits per heavy atom. The van der Waals surface area contributed by atoms with Gasteiger partial charge in [0.05, 0.1) is 17.6 Å². The molecule has 1 atom stereocenters. The Kier molecular flexibility index (Phi) is 4.02. The van der Waals surface area contributed by atoms with Crippen molar-refractivity contribution in [3.05, 3.63) is 34.4 Å². The molecule has 6 heteroatoms. The van der Waals surface area contributed by atoms with Gasteiger partial charge in [-0.1, -0.05) is 12.1 Å². The van der Waals surface area contributed by atoms with Gasteiger partial charge in [0.2, 0.25) is 0 Å². The molecule has 6 nitrogen and oxygen atoms in total. The largest absolute Gasteiger partial charge is 0.394 e. The SMILES string of the molecule is O=[N+]([O-])c1ccccc1NCC(O)CO. The predicted molar refractivity (Wildman–Crippen MR) is 54.7 cm³/mol. The van der Waals surface area contributed by atoms with E-state index in [1.807, 2.05) is 0 Å². The van der Waals surface area contributed by atoms with E-state index in [1.54, 1.807) is 18.2 Å². The first-order valence-electron chi connectivity index (χ1n) is 4.41. The van der Waals surface area contributed by atoms with Crippen molar-refractivity contribution in [3.8, 4) is 0 Å². The zero-order valence-corrected chi connectivity index (χ0v) is 7.96. The lowest BCUT2D eigenvalue weighted by Crippen LogP contribution is -2.23. The van der Waals surface area contributed by atoms with Crippen LogP contribution in [-0.2, 0) is 0 Å². The minimum Gasteiger partial charge on any atom is -0.394 e. The van der Waals surface area contributed by atoms with Gasteiger partial charge in [-0.3, -0.25) is 10.1 Å². The average molecular weight is 212 g/mol. The average Bonchev–Trinajstić information content (AvgIpc) is 2.26. The van der Waals surface area contributed by atoms with Crippen LogP contribution in [0, 0.1) is 10.1 Å². The van der Waals surface area contributed by atoms with Gasteiger partial charge in [-0.25, -0.2) is 0 Å². The monoisotopic (exact) mass is 212 g/mol. The zero-order chi connectivity index (χ0) is 11.3. The van der Waals surface area contributed by atoms with Gasteiger partial charge < -0.3 is 15.5 Å². The molecule has 0 spiro atoms. The third-order valence-corrected chi connectivity index (χ3v) is 1.84. The summed E-state index contributed by atoms with van der Waals surface area (Å²) in [6.45, 7) is -0.311. The fourth-order valence-corrected chi connectivity index (χ4v) is 1.07. The zero-order valence-electron chi connectivity index (χ0n) is 7.96. The third kappa shape index (κ3) is 3.19. The number of benzene rings is 1. The van der Waals surface area contributed by atoms with E-state index in [-0.39, 0.29) is 18.8 Å². The Hall–Kier alpha value is -1.66. The molecule has 0 saturated heterocycles. The molecule has 3 N–H and O–H groups in total. The number of hydrogen-bond donors (Lipinski definition) is 3. The maximum Gasteiger partial charge on any atom is 0.292 e. The fourth-order valence-electron chi connectivity index (χ4n) is 1.07. The number of hydrogen-bond acceptors (Lipinski definition) is 5. The summed E-state index contributed by atoms with van der Waals surface area (Å²) in [5.74, 6) is 0. The van der Waals surface area contributed by atoms with Crippen molar-refractivity contribution in [1.82, 2.24) is 0 Å². The third-order valence-electron chi connectivity index (χ3n) is 1.84. The van der Waals surface area contributed by atoms with Crippen molar-refractivity contribution in [2.75, 3.05) is 18.5 Å². The Bertz CT molecular complexity index is 343. The van der Waals surface area contributed by atoms with Crippen LogP contribution in [-0.4, -0.2) is 34.4 Å². The molecule has 0 bridgehead atoms. The number of rotatable bonds is 5. The number of anilines is 1. The molecule has 0 saturated carbocycles. The molecule has 82 valence electrons. The highest BCUT2D eigenvalue weighted by Gasteiger charge is 2.12. The normalized spacial score (nSPS) is 12.1. The Balaban J connectivity index is 2.72. The Labute approximate surface area is 86.3 Å². The van der Waals surface area contributed by atoms with Crippen molar-refractivity contribution >= 4 is 11.4 Å². The maximum atomic E-state index is 10.6. The van der Waals surface area contributed by atoms with E-state index < -0.39 is 11.0 Å². The van der Waals surface area contributed by atoms with Crippen molar-refractivity contribution in [2.45, 2.75) is 6.10 Å². The first-order chi connectivity index (χ1) is 7.15. The number of aliphatic hydroxyl groups is 2. The number of aliphatic hydroxyl groups excluding tert-OH is 2. The first kappa shape index (κ1) is 11.4. The minimum absolute atomic E-state index is 0.0531. The lowest BCUT2D eigenvalue weighted by molar-refractivity contribution is -0.384. The molecular weight excluding hydrogens is 200 g/mol. The minimum atomic E-state index is -0.926. The van der Waals surface area contributed by atoms with Gasteiger partial charge in [0.1, 0.15) is 5.69 Å². The number of nitrogens with zero attached hydrogens (tertiary/aromatic N) is 1. The fraction of sp³-hybridized carbons (Fsp3) is 0.333. The molecule has 1 aromatic carbocycles. The molecule has 0 heterocycles. The van der Waals surface area contributed by atoms with Crippen LogP contribution in [0.25, 0.3) is 0 Å². The summed E-state index contributed by atoms with van der Waals surface area (Å²) < 4.78 is 0. The predicted octanol–water partition coefficient (Wildman–Crippen LogP) is 0.360. The van der Waals surface area contributed by atoms with Crippen LogP contribution >= 0.6 is 0 Å². The van der Waals surface area contributed by atoms with E-state index in [2.05, 4.69) is 5.32 Å². The number of nitro groups is 1. The van der Waals surface area contributed by atoms with Gasteiger partial charge in [-0.05, 0) is 6.07 Å². The van der Waals surface area contributed by atoms with Crippen LogP contribution in [0.4, 0.5) is 11.4 Å². The Morgan fingerprint density at radius 3 is 2.73 bits per heavy atom. The van der Waals surface area contributed by atoms with Gasteiger partial charge in [0, 0.05) is 12.6 Å². The van der Waals surface area contributed by atoms with Gasteiger partial charge >= 0.3 is 0 Å². The number of nitro benzene ring substituents is 1. The second kappa shape index (κ2) is 5.28. The van der Waals surface area contributed by atoms with E-state index in [0.29, 0.717) is 5.69 Å². The molecule has 0 aliphatic rings. The summed E-state index contributed by atoms with van der Waals surface area (Å²) in [5, 5.41) is 30.9. The van der Waals surface area contributed by atoms with Crippen molar-refractivity contribution in [3.63, 3.8) is 0 Å². The van der Waals surface area contributed by atoms with Crippen LogP contribution in [0.5, 0.6) is 0 Å². The summed E-state index contributed by atoms with van der Waals surface area (Å²) >= 11 is 0. The van der Waals surface area contributed by atoms with Gasteiger partial charge in [-0.2, -0.15) is 0 Å². The summed E-state index contributed by atoms with van der Waals surface area (Å²) in [5.41, 5.74) is 0.276. The van der Waals surface area contributed by atoms with E-state index in [9.17, 15) is 10.1 Å². The quantitative estimate of drug-likeness (QED) is 0.483. The summed E-state index contributed by atoms with van der Waals surface area (Å²) in [6.07, 6.45) is -0.926. The van der Waals surface area contributed by atoms with Crippen LogP contribution < -0.4 is 5.32 Å². The van der Waals surface area contributed by atoms with Crippen LogP contribution in [0.1, 0.15) is 0 Å². The van der Waals surface area contributed by atoms with Crippen LogP contribution in [0.3, 0.4) is 0 Å². The Morgan fingerprint density at radius 2 is 2.13 bits per heavy atom. The summed E-state index contributed by atoms with van der Waals surface area (Å²) in [7, 11) is 0. The summed E-state index contributed by atoms with van der Waals surface area (Å²) in [6, 6.07) is 6.13. The lowest BCUT2D eigenvalue weighted by Gasteiger charge is -2.09. The van der Waals surface area contributed by atoms with Crippen LogP contribution in [0.2, 0.25) is 0 Å². The van der Waals surface area contributed by atoms with Gasteiger partial charge in [0.25, 0.3) is 5.69 Å². The molecule has 0 radical (unpaired) electrons. The molecule has 0 amide bonds. The highest BCUT2D eigenvalue weighted by molar-refractivity contribution is 5.61. The molecule has 0 aliphatic carbocycles. The molecule has 1 aromatic rings. The molecule has 1 unspecified atom stereocenters. The second-order valence-electron chi connectivity index (χ2n) is 2.99. The van der Waals surface area contributed by atoms with Gasteiger partial charge in [-0.15, -0.1) is 0 Å². The highest BCUT2D eigenvalue weighted by atomic mass is 16.6. The van der Waals surface area contributed by atoms with Crippen molar-refractivity contribution < 1.29 is 15.1 Å².